The normalized spacial score (nSPS) is 24.2. The molecule has 1 heterocycles. The van der Waals surface area contributed by atoms with Crippen LogP contribution in [0.1, 0.15) is 12.2 Å². The van der Waals surface area contributed by atoms with E-state index in [9.17, 15) is 4.79 Å². The zero-order valence-corrected chi connectivity index (χ0v) is 10.7. The fourth-order valence-corrected chi connectivity index (χ4v) is 2.84. The summed E-state index contributed by atoms with van der Waals surface area (Å²) in [5, 5.41) is 0.681. The molecule has 1 aromatic carbocycles. The van der Waals surface area contributed by atoms with Gasteiger partial charge in [-0.2, -0.15) is 0 Å². The summed E-state index contributed by atoms with van der Waals surface area (Å²) in [5.74, 6) is 2.07. The summed E-state index contributed by atoms with van der Waals surface area (Å²) in [5.41, 5.74) is 1.77. The first-order valence-electron chi connectivity index (χ1n) is 6.63. The van der Waals surface area contributed by atoms with Crippen LogP contribution in [0.15, 0.2) is 47.3 Å². The highest BCUT2D eigenvalue weighted by atomic mass is 16.1. The molecule has 2 aliphatic carbocycles. The Balaban J connectivity index is 2.00. The van der Waals surface area contributed by atoms with Gasteiger partial charge in [0.05, 0.1) is 10.9 Å². The second kappa shape index (κ2) is 3.67. The van der Waals surface area contributed by atoms with Crippen LogP contribution in [0.25, 0.3) is 16.6 Å². The molecule has 0 aliphatic heterocycles. The summed E-state index contributed by atoms with van der Waals surface area (Å²) in [6.45, 7) is 1.89. The first-order valence-corrected chi connectivity index (χ1v) is 6.63. The van der Waals surface area contributed by atoms with Crippen molar-refractivity contribution < 1.29 is 0 Å². The van der Waals surface area contributed by atoms with Gasteiger partial charge in [0.25, 0.3) is 5.56 Å². The molecular formula is C16H14N2O. The molecule has 1 fully saturated rings. The Morgan fingerprint density at radius 3 is 2.95 bits per heavy atom. The van der Waals surface area contributed by atoms with Crippen LogP contribution in [-0.4, -0.2) is 9.55 Å². The van der Waals surface area contributed by atoms with Crippen LogP contribution in [0.2, 0.25) is 0 Å². The summed E-state index contributed by atoms with van der Waals surface area (Å²) in [6, 6.07) is 7.52. The van der Waals surface area contributed by atoms with Gasteiger partial charge >= 0.3 is 0 Å². The summed E-state index contributed by atoms with van der Waals surface area (Å²) in [6.07, 6.45) is 7.68. The van der Waals surface area contributed by atoms with Crippen molar-refractivity contribution in [3.8, 4) is 0 Å². The van der Waals surface area contributed by atoms with Gasteiger partial charge in [-0.25, -0.2) is 4.98 Å². The highest BCUT2D eigenvalue weighted by Crippen LogP contribution is 2.44. The van der Waals surface area contributed by atoms with Crippen LogP contribution >= 0.6 is 0 Å². The number of hydrogen-bond acceptors (Lipinski definition) is 2. The Bertz CT molecular complexity index is 798. The van der Waals surface area contributed by atoms with Gasteiger partial charge in [-0.3, -0.25) is 9.36 Å². The third kappa shape index (κ3) is 1.58. The number of nitrogens with zero attached hydrogens (tertiary/aromatic N) is 2. The van der Waals surface area contributed by atoms with Gasteiger partial charge in [0, 0.05) is 5.70 Å². The lowest BCUT2D eigenvalue weighted by Crippen LogP contribution is -2.23. The zero-order chi connectivity index (χ0) is 13.0. The van der Waals surface area contributed by atoms with Gasteiger partial charge in [0.2, 0.25) is 0 Å². The molecule has 0 N–H and O–H groups in total. The van der Waals surface area contributed by atoms with E-state index in [4.69, 9.17) is 0 Å². The van der Waals surface area contributed by atoms with Crippen LogP contribution < -0.4 is 5.56 Å². The third-order valence-electron chi connectivity index (χ3n) is 3.99. The minimum Gasteiger partial charge on any atom is -0.268 e. The molecule has 2 aromatic rings. The predicted octanol–water partition coefficient (Wildman–Crippen LogP) is 2.75. The van der Waals surface area contributed by atoms with Gasteiger partial charge in [0.15, 0.2) is 0 Å². The van der Waals surface area contributed by atoms with Crippen molar-refractivity contribution in [2.45, 2.75) is 13.3 Å². The number of allylic oxidation sites excluding steroid dienone is 4. The maximum absolute atomic E-state index is 12.6. The number of para-hydroxylation sites is 1. The summed E-state index contributed by atoms with van der Waals surface area (Å²) < 4.78 is 1.73. The van der Waals surface area contributed by atoms with Gasteiger partial charge in [-0.05, 0) is 43.4 Å². The van der Waals surface area contributed by atoms with Crippen LogP contribution in [0.4, 0.5) is 0 Å². The minimum absolute atomic E-state index is 0.0260. The highest BCUT2D eigenvalue weighted by Gasteiger charge is 2.35. The smallest absolute Gasteiger partial charge is 0.265 e. The van der Waals surface area contributed by atoms with E-state index in [1.165, 1.54) is 6.42 Å². The lowest BCUT2D eigenvalue weighted by Gasteiger charge is -2.13. The summed E-state index contributed by atoms with van der Waals surface area (Å²) in [4.78, 5) is 17.2. The zero-order valence-electron chi connectivity index (χ0n) is 10.7. The van der Waals surface area contributed by atoms with E-state index in [1.807, 2.05) is 31.2 Å². The van der Waals surface area contributed by atoms with Crippen molar-refractivity contribution in [2.24, 2.45) is 11.8 Å². The van der Waals surface area contributed by atoms with Crippen molar-refractivity contribution in [1.82, 2.24) is 9.55 Å². The minimum atomic E-state index is 0.0260. The van der Waals surface area contributed by atoms with E-state index in [-0.39, 0.29) is 5.56 Å². The van der Waals surface area contributed by atoms with E-state index in [0.717, 1.165) is 17.0 Å². The van der Waals surface area contributed by atoms with Gasteiger partial charge < -0.3 is 0 Å². The lowest BCUT2D eigenvalue weighted by atomic mass is 10.1. The van der Waals surface area contributed by atoms with Crippen molar-refractivity contribution in [3.63, 3.8) is 0 Å². The number of benzene rings is 1. The molecule has 0 radical (unpaired) electrons. The molecule has 2 aliphatic rings. The van der Waals surface area contributed by atoms with E-state index >= 15 is 0 Å². The monoisotopic (exact) mass is 250 g/mol. The second-order valence-corrected chi connectivity index (χ2v) is 5.33. The molecule has 0 spiro atoms. The maximum Gasteiger partial charge on any atom is 0.265 e. The molecule has 2 unspecified atom stereocenters. The van der Waals surface area contributed by atoms with Crippen LogP contribution in [0.3, 0.4) is 0 Å². The molecule has 19 heavy (non-hydrogen) atoms. The number of aryl methyl sites for hydroxylation is 1. The molecule has 3 nitrogen and oxygen atoms in total. The summed E-state index contributed by atoms with van der Waals surface area (Å²) in [7, 11) is 0. The SMILES string of the molecule is Cc1nc2ccccc2c(=O)n1C1=CC2CC2C=C1. The van der Waals surface area contributed by atoms with E-state index in [1.54, 1.807) is 4.57 Å². The average Bonchev–Trinajstić information content (AvgIpc) is 3.17. The Kier molecular flexibility index (Phi) is 2.07. The van der Waals surface area contributed by atoms with Crippen molar-refractivity contribution in [1.29, 1.82) is 0 Å². The molecule has 0 amide bonds. The number of hydrogen-bond donors (Lipinski definition) is 0. The Hall–Kier alpha value is -2.16. The molecule has 3 heteroatoms. The standard InChI is InChI=1S/C16H14N2O/c1-10-17-15-5-3-2-4-14(15)16(19)18(10)13-7-6-11-8-12(11)9-13/h2-7,9,11-12H,8H2,1H3. The van der Waals surface area contributed by atoms with Crippen molar-refractivity contribution >= 4 is 16.6 Å². The number of rotatable bonds is 1. The van der Waals surface area contributed by atoms with Gasteiger partial charge in [-0.15, -0.1) is 0 Å². The van der Waals surface area contributed by atoms with Crippen molar-refractivity contribution in [2.75, 3.05) is 0 Å². The molecule has 94 valence electrons. The van der Waals surface area contributed by atoms with E-state index in [0.29, 0.717) is 17.2 Å². The molecule has 0 bridgehead atoms. The lowest BCUT2D eigenvalue weighted by molar-refractivity contribution is 0.890. The maximum atomic E-state index is 12.6. The molecular weight excluding hydrogens is 236 g/mol. The topological polar surface area (TPSA) is 34.9 Å². The fraction of sp³-hybridized carbons (Fsp3) is 0.250. The number of aromatic nitrogens is 2. The van der Waals surface area contributed by atoms with E-state index in [2.05, 4.69) is 23.2 Å². The molecule has 1 aromatic heterocycles. The van der Waals surface area contributed by atoms with Crippen LogP contribution in [-0.2, 0) is 0 Å². The molecule has 1 saturated carbocycles. The summed E-state index contributed by atoms with van der Waals surface area (Å²) >= 11 is 0. The largest absolute Gasteiger partial charge is 0.268 e. The van der Waals surface area contributed by atoms with Crippen molar-refractivity contribution in [3.05, 3.63) is 58.7 Å². The average molecular weight is 250 g/mol. The first kappa shape index (κ1) is 10.7. The van der Waals surface area contributed by atoms with Crippen LogP contribution in [0.5, 0.6) is 0 Å². The molecule has 4 rings (SSSR count). The fourth-order valence-electron chi connectivity index (χ4n) is 2.84. The molecule has 2 atom stereocenters. The second-order valence-electron chi connectivity index (χ2n) is 5.33. The Morgan fingerprint density at radius 1 is 1.26 bits per heavy atom. The predicted molar refractivity (Wildman–Crippen MR) is 75.8 cm³/mol. The third-order valence-corrected chi connectivity index (χ3v) is 3.99. The number of fused-ring (bicyclic) bond motifs is 2. The Morgan fingerprint density at radius 2 is 2.11 bits per heavy atom. The quantitative estimate of drug-likeness (QED) is 0.780. The van der Waals surface area contributed by atoms with Gasteiger partial charge in [0.1, 0.15) is 5.82 Å². The highest BCUT2D eigenvalue weighted by molar-refractivity contribution is 5.79. The van der Waals surface area contributed by atoms with Gasteiger partial charge in [-0.1, -0.05) is 24.3 Å². The van der Waals surface area contributed by atoms with E-state index < -0.39 is 0 Å². The van der Waals surface area contributed by atoms with Crippen LogP contribution in [0, 0.1) is 18.8 Å². The first-order chi connectivity index (χ1) is 9.24. The Labute approximate surface area is 110 Å². The molecule has 0 saturated heterocycles.